The molecule has 1 aromatic rings. The fraction of sp³-hybridized carbons (Fsp3) is 0.636. The molecule has 0 aromatic heterocycles. The number of methoxy groups -OCH3 is 1. The van der Waals surface area contributed by atoms with E-state index in [-0.39, 0.29) is 6.61 Å². The number of amides is 2. The molecule has 1 saturated heterocycles. The Bertz CT molecular complexity index is 742. The van der Waals surface area contributed by atoms with Crippen LogP contribution in [0.2, 0.25) is 0 Å². The normalized spacial score (nSPS) is 20.0. The Balaban J connectivity index is 2.20. The largest absolute Gasteiger partial charge is 0.484 e. The van der Waals surface area contributed by atoms with Crippen molar-refractivity contribution in [3.05, 3.63) is 35.9 Å². The number of hydrogen-bond donors (Lipinski definition) is 3. The molecule has 1 aliphatic rings. The van der Waals surface area contributed by atoms with Gasteiger partial charge in [0.1, 0.15) is 6.04 Å². The van der Waals surface area contributed by atoms with Crippen LogP contribution in [0, 0.1) is 0 Å². The Hall–Kier alpha value is -2.10. The molecule has 9 heteroatoms. The Kier molecular flexibility index (Phi) is 8.13. The first-order chi connectivity index (χ1) is 14.4. The highest BCUT2D eigenvalue weighted by Crippen LogP contribution is 2.40. The van der Waals surface area contributed by atoms with Gasteiger partial charge in [-0.25, -0.2) is 4.79 Å². The lowest BCUT2D eigenvalue weighted by Crippen LogP contribution is -2.62. The van der Waals surface area contributed by atoms with Crippen molar-refractivity contribution in [1.82, 2.24) is 10.6 Å². The SMILES string of the molecule is COC[C@@H](NC(=O)O)C(=O)N[C@@](C)(CCCc1ccccc1)B1OC(C)(C)C(C)(C)O1. The molecule has 2 rings (SSSR count). The number of rotatable bonds is 10. The van der Waals surface area contributed by atoms with Gasteiger partial charge in [-0.3, -0.25) is 4.79 Å². The molecule has 8 nitrogen and oxygen atoms in total. The van der Waals surface area contributed by atoms with E-state index in [0.29, 0.717) is 6.42 Å². The maximum absolute atomic E-state index is 13.0. The van der Waals surface area contributed by atoms with E-state index in [1.807, 2.05) is 52.8 Å². The Morgan fingerprint density at radius 1 is 1.16 bits per heavy atom. The van der Waals surface area contributed by atoms with Gasteiger partial charge in [-0.1, -0.05) is 30.3 Å². The highest BCUT2D eigenvalue weighted by molar-refractivity contribution is 6.50. The second-order valence-electron chi connectivity index (χ2n) is 9.29. The molecular weight excluding hydrogens is 399 g/mol. The van der Waals surface area contributed by atoms with Crippen LogP contribution in [0.4, 0.5) is 4.79 Å². The molecule has 1 aliphatic heterocycles. The third kappa shape index (κ3) is 6.44. The van der Waals surface area contributed by atoms with Crippen molar-refractivity contribution < 1.29 is 28.7 Å². The summed E-state index contributed by atoms with van der Waals surface area (Å²) in [6.07, 6.45) is 0.906. The molecule has 3 N–H and O–H groups in total. The smallest absolute Gasteiger partial charge is 0.465 e. The molecule has 172 valence electrons. The molecule has 1 aromatic carbocycles. The van der Waals surface area contributed by atoms with Crippen LogP contribution in [0.5, 0.6) is 0 Å². The molecule has 0 aliphatic carbocycles. The van der Waals surface area contributed by atoms with Gasteiger partial charge in [0, 0.05) is 7.11 Å². The second kappa shape index (κ2) is 10.0. The van der Waals surface area contributed by atoms with Gasteiger partial charge >= 0.3 is 13.2 Å². The topological polar surface area (TPSA) is 106 Å². The van der Waals surface area contributed by atoms with E-state index in [9.17, 15) is 9.59 Å². The van der Waals surface area contributed by atoms with Crippen LogP contribution >= 0.6 is 0 Å². The van der Waals surface area contributed by atoms with Gasteiger partial charge in [0.05, 0.1) is 23.2 Å². The minimum absolute atomic E-state index is 0.0818. The number of hydrogen-bond acceptors (Lipinski definition) is 5. The molecule has 0 spiro atoms. The molecule has 2 atom stereocenters. The van der Waals surface area contributed by atoms with Crippen LogP contribution in [0.1, 0.15) is 53.0 Å². The van der Waals surface area contributed by atoms with Crippen LogP contribution < -0.4 is 10.6 Å². The first-order valence-corrected chi connectivity index (χ1v) is 10.6. The first-order valence-electron chi connectivity index (χ1n) is 10.6. The summed E-state index contributed by atoms with van der Waals surface area (Å²) in [5, 5.41) is 14.3. The highest BCUT2D eigenvalue weighted by atomic mass is 16.7. The highest BCUT2D eigenvalue weighted by Gasteiger charge is 2.58. The second-order valence-corrected chi connectivity index (χ2v) is 9.29. The average molecular weight is 434 g/mol. The summed E-state index contributed by atoms with van der Waals surface area (Å²) in [6.45, 7) is 9.62. The van der Waals surface area contributed by atoms with E-state index < -0.39 is 41.8 Å². The molecule has 1 fully saturated rings. The van der Waals surface area contributed by atoms with Crippen molar-refractivity contribution >= 4 is 19.1 Å². The first kappa shape index (κ1) is 25.2. The molecule has 1 heterocycles. The standard InChI is InChI=1S/C22H35BN2O6/c1-20(2)21(3,4)31-23(30-20)22(5,14-10-13-16-11-8-7-9-12-16)25-18(26)17(15-29-6)24-19(27)28/h7-9,11-12,17,24H,10,13-15H2,1-6H3,(H,25,26)(H,27,28)/t17-,22+/m1/s1. The molecule has 2 amide bonds. The fourth-order valence-corrected chi connectivity index (χ4v) is 3.51. The van der Waals surface area contributed by atoms with Crippen molar-refractivity contribution in [2.45, 2.75) is 76.6 Å². The maximum Gasteiger partial charge on any atom is 0.484 e. The van der Waals surface area contributed by atoms with Crippen molar-refractivity contribution in [2.75, 3.05) is 13.7 Å². The predicted molar refractivity (Wildman–Crippen MR) is 119 cm³/mol. The number of benzene rings is 1. The van der Waals surface area contributed by atoms with Gasteiger partial charge in [0.2, 0.25) is 5.91 Å². The summed E-state index contributed by atoms with van der Waals surface area (Å²) in [6, 6.07) is 9.06. The van der Waals surface area contributed by atoms with Gasteiger partial charge < -0.3 is 29.8 Å². The summed E-state index contributed by atoms with van der Waals surface area (Å²) in [5.74, 6) is -0.485. The average Bonchev–Trinajstić information content (AvgIpc) is 2.90. The molecular formula is C22H35BN2O6. The Morgan fingerprint density at radius 3 is 2.26 bits per heavy atom. The molecule has 31 heavy (non-hydrogen) atoms. The number of nitrogens with one attached hydrogen (secondary N) is 2. The number of aryl methyl sites for hydroxylation is 1. The summed E-state index contributed by atoms with van der Waals surface area (Å²) < 4.78 is 17.5. The minimum atomic E-state index is -1.29. The Labute approximate surface area is 185 Å². The van der Waals surface area contributed by atoms with Crippen molar-refractivity contribution in [2.24, 2.45) is 0 Å². The predicted octanol–water partition coefficient (Wildman–Crippen LogP) is 2.80. The zero-order valence-electron chi connectivity index (χ0n) is 19.4. The number of carbonyl (C=O) groups excluding carboxylic acids is 1. The quantitative estimate of drug-likeness (QED) is 0.489. The number of carboxylic acid groups (broad SMARTS) is 1. The van der Waals surface area contributed by atoms with Gasteiger partial charge in [-0.15, -0.1) is 0 Å². The van der Waals surface area contributed by atoms with Crippen LogP contribution in [-0.4, -0.2) is 60.6 Å². The summed E-state index contributed by atoms with van der Waals surface area (Å²) in [5.41, 5.74) is -0.791. The molecule has 0 bridgehead atoms. The lowest BCUT2D eigenvalue weighted by Gasteiger charge is -2.34. The molecule has 0 radical (unpaired) electrons. The van der Waals surface area contributed by atoms with E-state index in [0.717, 1.165) is 12.8 Å². The third-order valence-electron chi connectivity index (χ3n) is 6.13. The zero-order chi connectivity index (χ0) is 23.3. The van der Waals surface area contributed by atoms with Crippen LogP contribution in [0.25, 0.3) is 0 Å². The van der Waals surface area contributed by atoms with E-state index in [2.05, 4.69) is 22.8 Å². The van der Waals surface area contributed by atoms with Crippen LogP contribution in [-0.2, 0) is 25.3 Å². The van der Waals surface area contributed by atoms with Gasteiger partial charge in [-0.05, 0) is 59.4 Å². The van der Waals surface area contributed by atoms with E-state index in [1.54, 1.807) is 0 Å². The van der Waals surface area contributed by atoms with Crippen LogP contribution in [0.3, 0.4) is 0 Å². The number of carbonyl (C=O) groups is 2. The van der Waals surface area contributed by atoms with Gasteiger partial charge in [-0.2, -0.15) is 0 Å². The maximum atomic E-state index is 13.0. The van der Waals surface area contributed by atoms with E-state index >= 15 is 0 Å². The summed E-state index contributed by atoms with van der Waals surface area (Å²) >= 11 is 0. The monoisotopic (exact) mass is 434 g/mol. The summed E-state index contributed by atoms with van der Waals surface area (Å²) in [7, 11) is 0.724. The van der Waals surface area contributed by atoms with Crippen LogP contribution in [0.15, 0.2) is 30.3 Å². The Morgan fingerprint density at radius 2 is 1.74 bits per heavy atom. The van der Waals surface area contributed by atoms with E-state index in [1.165, 1.54) is 12.7 Å². The van der Waals surface area contributed by atoms with Gasteiger partial charge in [0.15, 0.2) is 0 Å². The van der Waals surface area contributed by atoms with Crippen molar-refractivity contribution in [3.8, 4) is 0 Å². The minimum Gasteiger partial charge on any atom is -0.465 e. The third-order valence-corrected chi connectivity index (χ3v) is 6.13. The zero-order valence-corrected chi connectivity index (χ0v) is 19.4. The van der Waals surface area contributed by atoms with E-state index in [4.69, 9.17) is 19.2 Å². The number of ether oxygens (including phenoxy) is 1. The van der Waals surface area contributed by atoms with Gasteiger partial charge in [0.25, 0.3) is 0 Å². The lowest BCUT2D eigenvalue weighted by molar-refractivity contribution is -0.125. The molecule has 0 saturated carbocycles. The van der Waals surface area contributed by atoms with Crippen molar-refractivity contribution in [3.63, 3.8) is 0 Å². The molecule has 0 unspecified atom stereocenters. The fourth-order valence-electron chi connectivity index (χ4n) is 3.51. The summed E-state index contributed by atoms with van der Waals surface area (Å²) in [4.78, 5) is 24.1. The van der Waals surface area contributed by atoms with Crippen molar-refractivity contribution in [1.29, 1.82) is 0 Å². The lowest BCUT2D eigenvalue weighted by atomic mass is 9.62.